The van der Waals surface area contributed by atoms with Crippen molar-refractivity contribution in [2.45, 2.75) is 31.9 Å². The van der Waals surface area contributed by atoms with Crippen LogP contribution >= 0.6 is 11.6 Å². The van der Waals surface area contributed by atoms with Gasteiger partial charge in [-0.05, 0) is 31.0 Å². The van der Waals surface area contributed by atoms with Crippen molar-refractivity contribution in [2.75, 3.05) is 25.0 Å². The van der Waals surface area contributed by atoms with Gasteiger partial charge in [-0.3, -0.25) is 14.4 Å². The number of amides is 2. The molecule has 0 bridgehead atoms. The maximum atomic E-state index is 12.8. The first kappa shape index (κ1) is 21.0. The standard InChI is InChI=1S/C17H18ClF3N2O4/c18-13-6-5-11(8-12(13)17(19,20)21)22-14(24)10-27-16(26)9-23-7-3-1-2-4-15(23)25/h5-6,8H,1-4,7,9-10H2,(H,22,24). The quantitative estimate of drug-likeness (QED) is 0.762. The summed E-state index contributed by atoms with van der Waals surface area (Å²) in [5.41, 5.74) is -1.21. The van der Waals surface area contributed by atoms with E-state index in [1.165, 1.54) is 11.0 Å². The molecule has 1 aliphatic rings. The van der Waals surface area contributed by atoms with Crippen molar-refractivity contribution in [3.05, 3.63) is 28.8 Å². The van der Waals surface area contributed by atoms with Crippen molar-refractivity contribution in [3.8, 4) is 0 Å². The zero-order chi connectivity index (χ0) is 20.0. The number of hydrogen-bond donors (Lipinski definition) is 1. The summed E-state index contributed by atoms with van der Waals surface area (Å²) < 4.78 is 43.2. The van der Waals surface area contributed by atoms with Crippen LogP contribution in [-0.2, 0) is 25.3 Å². The molecular weight excluding hydrogens is 389 g/mol. The molecule has 0 aliphatic carbocycles. The van der Waals surface area contributed by atoms with E-state index < -0.39 is 35.2 Å². The molecule has 1 aromatic carbocycles. The number of alkyl halides is 3. The number of rotatable bonds is 5. The summed E-state index contributed by atoms with van der Waals surface area (Å²) in [6.45, 7) is -0.485. The van der Waals surface area contributed by atoms with Crippen molar-refractivity contribution >= 4 is 35.1 Å². The van der Waals surface area contributed by atoms with Crippen LogP contribution in [0, 0.1) is 0 Å². The Kier molecular flexibility index (Phi) is 7.06. The summed E-state index contributed by atoms with van der Waals surface area (Å²) >= 11 is 5.50. The fourth-order valence-electron chi connectivity index (χ4n) is 2.57. The number of esters is 1. The van der Waals surface area contributed by atoms with Crippen LogP contribution in [0.3, 0.4) is 0 Å². The molecule has 1 N–H and O–H groups in total. The van der Waals surface area contributed by atoms with Gasteiger partial charge in [-0.25, -0.2) is 0 Å². The molecule has 10 heteroatoms. The molecular formula is C17H18ClF3N2O4. The number of halogens is 4. The number of likely N-dealkylation sites (tertiary alicyclic amines) is 1. The maximum absolute atomic E-state index is 12.8. The number of nitrogens with zero attached hydrogens (tertiary/aromatic N) is 1. The second kappa shape index (κ2) is 9.07. The normalized spacial score (nSPS) is 15.3. The zero-order valence-corrected chi connectivity index (χ0v) is 15.0. The van der Waals surface area contributed by atoms with Crippen molar-refractivity contribution in [1.29, 1.82) is 0 Å². The number of benzene rings is 1. The molecule has 1 aromatic rings. The number of ether oxygens (including phenoxy) is 1. The molecule has 1 saturated heterocycles. The summed E-state index contributed by atoms with van der Waals surface area (Å²) in [5, 5.41) is 1.71. The van der Waals surface area contributed by atoms with Crippen LogP contribution in [0.5, 0.6) is 0 Å². The number of nitrogens with one attached hydrogen (secondary N) is 1. The fraction of sp³-hybridized carbons (Fsp3) is 0.471. The number of carbonyl (C=O) groups excluding carboxylic acids is 3. The van der Waals surface area contributed by atoms with Gasteiger partial charge in [0.25, 0.3) is 5.91 Å². The zero-order valence-electron chi connectivity index (χ0n) is 14.3. The van der Waals surface area contributed by atoms with Crippen molar-refractivity contribution in [1.82, 2.24) is 4.90 Å². The van der Waals surface area contributed by atoms with Gasteiger partial charge in [0.1, 0.15) is 6.54 Å². The highest BCUT2D eigenvalue weighted by Crippen LogP contribution is 2.36. The Labute approximate surface area is 158 Å². The van der Waals surface area contributed by atoms with Gasteiger partial charge in [-0.2, -0.15) is 13.2 Å². The van der Waals surface area contributed by atoms with Crippen LogP contribution in [0.15, 0.2) is 18.2 Å². The summed E-state index contributed by atoms with van der Waals surface area (Å²) in [4.78, 5) is 36.8. The lowest BCUT2D eigenvalue weighted by Crippen LogP contribution is -2.36. The highest BCUT2D eigenvalue weighted by molar-refractivity contribution is 6.31. The van der Waals surface area contributed by atoms with E-state index in [9.17, 15) is 27.6 Å². The summed E-state index contributed by atoms with van der Waals surface area (Å²) in [7, 11) is 0. The minimum Gasteiger partial charge on any atom is -0.454 e. The number of hydrogen-bond acceptors (Lipinski definition) is 4. The maximum Gasteiger partial charge on any atom is 0.417 e. The Hall–Kier alpha value is -2.29. The Balaban J connectivity index is 1.85. The molecule has 0 aromatic heterocycles. The lowest BCUT2D eigenvalue weighted by Gasteiger charge is -2.19. The molecule has 0 saturated carbocycles. The second-order valence-corrected chi connectivity index (χ2v) is 6.43. The summed E-state index contributed by atoms with van der Waals surface area (Å²) in [6.07, 6.45) is -1.83. The molecule has 1 heterocycles. The topological polar surface area (TPSA) is 75.7 Å². The first-order chi connectivity index (χ1) is 12.7. The van der Waals surface area contributed by atoms with Gasteiger partial charge >= 0.3 is 12.1 Å². The predicted octanol–water partition coefficient (Wildman–Crippen LogP) is 3.24. The van der Waals surface area contributed by atoms with Crippen molar-refractivity contribution < 1.29 is 32.3 Å². The minimum absolute atomic E-state index is 0.129. The number of anilines is 1. The third-order valence-corrected chi connectivity index (χ3v) is 4.24. The molecule has 148 valence electrons. The predicted molar refractivity (Wildman–Crippen MR) is 91.1 cm³/mol. The van der Waals surface area contributed by atoms with Crippen LogP contribution in [0.25, 0.3) is 0 Å². The molecule has 2 rings (SSSR count). The van der Waals surface area contributed by atoms with Gasteiger partial charge in [0.2, 0.25) is 5.91 Å². The van der Waals surface area contributed by atoms with Crippen LogP contribution in [0.1, 0.15) is 31.2 Å². The first-order valence-corrected chi connectivity index (χ1v) is 8.64. The Morgan fingerprint density at radius 3 is 2.67 bits per heavy atom. The van der Waals surface area contributed by atoms with E-state index in [4.69, 9.17) is 16.3 Å². The van der Waals surface area contributed by atoms with E-state index in [-0.39, 0.29) is 18.1 Å². The first-order valence-electron chi connectivity index (χ1n) is 8.27. The largest absolute Gasteiger partial charge is 0.454 e. The third-order valence-electron chi connectivity index (χ3n) is 3.91. The highest BCUT2D eigenvalue weighted by Gasteiger charge is 2.33. The monoisotopic (exact) mass is 406 g/mol. The molecule has 27 heavy (non-hydrogen) atoms. The van der Waals surface area contributed by atoms with Gasteiger partial charge in [0.05, 0.1) is 10.6 Å². The molecule has 1 aliphatic heterocycles. The van der Waals surface area contributed by atoms with Crippen molar-refractivity contribution in [3.63, 3.8) is 0 Å². The third kappa shape index (κ3) is 6.42. The van der Waals surface area contributed by atoms with Crippen molar-refractivity contribution in [2.24, 2.45) is 0 Å². The van der Waals surface area contributed by atoms with E-state index >= 15 is 0 Å². The molecule has 1 fully saturated rings. The Bertz CT molecular complexity index is 725. The smallest absolute Gasteiger partial charge is 0.417 e. The summed E-state index contributed by atoms with van der Waals surface area (Å²) in [5.74, 6) is -1.71. The van der Waals surface area contributed by atoms with Gasteiger partial charge < -0.3 is 15.0 Å². The fourth-order valence-corrected chi connectivity index (χ4v) is 2.80. The average molecular weight is 407 g/mol. The molecule has 0 spiro atoms. The van der Waals surface area contributed by atoms with Crippen LogP contribution < -0.4 is 5.32 Å². The average Bonchev–Trinajstić information content (AvgIpc) is 2.78. The van der Waals surface area contributed by atoms with E-state index in [1.807, 2.05) is 0 Å². The Morgan fingerprint density at radius 2 is 1.96 bits per heavy atom. The van der Waals surface area contributed by atoms with Crippen LogP contribution in [0.4, 0.5) is 18.9 Å². The minimum atomic E-state index is -4.66. The van der Waals surface area contributed by atoms with Gasteiger partial charge in [0.15, 0.2) is 6.61 Å². The molecule has 0 radical (unpaired) electrons. The van der Waals surface area contributed by atoms with Crippen LogP contribution in [-0.4, -0.2) is 42.4 Å². The van der Waals surface area contributed by atoms with Gasteiger partial charge in [-0.1, -0.05) is 18.0 Å². The highest BCUT2D eigenvalue weighted by atomic mass is 35.5. The molecule has 0 unspecified atom stereocenters. The van der Waals surface area contributed by atoms with E-state index in [1.54, 1.807) is 0 Å². The van der Waals surface area contributed by atoms with Gasteiger partial charge in [-0.15, -0.1) is 0 Å². The lowest BCUT2D eigenvalue weighted by molar-refractivity contribution is -0.151. The van der Waals surface area contributed by atoms with Gasteiger partial charge in [0, 0.05) is 18.7 Å². The van der Waals surface area contributed by atoms with E-state index in [2.05, 4.69) is 5.32 Å². The summed E-state index contributed by atoms with van der Waals surface area (Å²) in [6, 6.07) is 2.90. The van der Waals surface area contributed by atoms with E-state index in [0.717, 1.165) is 25.3 Å². The molecule has 6 nitrogen and oxygen atoms in total. The van der Waals surface area contributed by atoms with E-state index in [0.29, 0.717) is 19.0 Å². The Morgan fingerprint density at radius 1 is 1.22 bits per heavy atom. The second-order valence-electron chi connectivity index (χ2n) is 6.03. The molecule has 2 amide bonds. The number of carbonyl (C=O) groups is 3. The van der Waals surface area contributed by atoms with Crippen LogP contribution in [0.2, 0.25) is 5.02 Å². The lowest BCUT2D eigenvalue weighted by atomic mass is 10.2. The molecule has 0 atom stereocenters. The SMILES string of the molecule is O=C(COC(=O)CN1CCCCCC1=O)Nc1ccc(Cl)c(C(F)(F)F)c1.